The largest absolute Gasteiger partial charge is 0.493 e. The highest BCUT2D eigenvalue weighted by atomic mass is 16.5. The second kappa shape index (κ2) is 20.4. The Kier molecular flexibility index (Phi) is 18.4. The van der Waals surface area contributed by atoms with Crippen molar-refractivity contribution in [2.45, 2.75) is 143 Å². The fourth-order valence-corrected chi connectivity index (χ4v) is 4.30. The Morgan fingerprint density at radius 1 is 0.438 bits per heavy atom. The van der Waals surface area contributed by atoms with Gasteiger partial charge in [-0.3, -0.25) is 0 Å². The maximum Gasteiger partial charge on any atom is 0.123 e. The molecule has 0 saturated carbocycles. The number of unbranched alkanes of at least 4 members (excludes halogenated alkanes) is 14. The van der Waals surface area contributed by atoms with Gasteiger partial charge in [-0.2, -0.15) is 0 Å². The summed E-state index contributed by atoms with van der Waals surface area (Å²) in [6.07, 6.45) is 23.4. The number of hydrogen-bond donors (Lipinski definition) is 0. The van der Waals surface area contributed by atoms with Gasteiger partial charge in [-0.15, -0.1) is 0 Å². The van der Waals surface area contributed by atoms with Gasteiger partial charge < -0.3 is 9.47 Å². The zero-order chi connectivity index (χ0) is 23.3. The number of hydrogen-bond acceptors (Lipinski definition) is 2. The van der Waals surface area contributed by atoms with Crippen molar-refractivity contribution in [1.29, 1.82) is 0 Å². The van der Waals surface area contributed by atoms with E-state index in [0.29, 0.717) is 0 Å². The number of aryl methyl sites for hydroxylation is 2. The summed E-state index contributed by atoms with van der Waals surface area (Å²) in [5, 5.41) is 0. The maximum absolute atomic E-state index is 6.21. The molecule has 32 heavy (non-hydrogen) atoms. The van der Waals surface area contributed by atoms with Crippen LogP contribution in [0.5, 0.6) is 11.5 Å². The monoisotopic (exact) mass is 446 g/mol. The average molecular weight is 447 g/mol. The van der Waals surface area contributed by atoms with E-state index >= 15 is 0 Å². The van der Waals surface area contributed by atoms with Gasteiger partial charge in [0, 0.05) is 0 Å². The molecule has 0 aliphatic rings. The van der Waals surface area contributed by atoms with Crippen LogP contribution in [0.3, 0.4) is 0 Å². The number of rotatable bonds is 22. The minimum Gasteiger partial charge on any atom is -0.493 e. The summed E-state index contributed by atoms with van der Waals surface area (Å²) in [5.41, 5.74) is 2.57. The van der Waals surface area contributed by atoms with E-state index in [9.17, 15) is 0 Å². The summed E-state index contributed by atoms with van der Waals surface area (Å²) in [6, 6.07) is 4.49. The molecule has 0 radical (unpaired) electrons. The molecule has 1 aromatic rings. The first-order valence-corrected chi connectivity index (χ1v) is 14.2. The molecule has 0 aromatic heterocycles. The van der Waals surface area contributed by atoms with E-state index in [1.165, 1.54) is 101 Å². The lowest BCUT2D eigenvalue weighted by Crippen LogP contribution is -2.04. The number of ether oxygens (including phenoxy) is 2. The normalized spacial score (nSPS) is 11.1. The molecule has 0 amide bonds. The van der Waals surface area contributed by atoms with Gasteiger partial charge in [0.2, 0.25) is 0 Å². The Balaban J connectivity index is 2.33. The molecule has 0 fully saturated rings. The van der Waals surface area contributed by atoms with E-state index in [2.05, 4.69) is 39.8 Å². The Morgan fingerprint density at radius 3 is 1.06 bits per heavy atom. The Hall–Kier alpha value is -1.18. The third-order valence-electron chi connectivity index (χ3n) is 6.52. The van der Waals surface area contributed by atoms with Gasteiger partial charge in [0.1, 0.15) is 11.5 Å². The summed E-state index contributed by atoms with van der Waals surface area (Å²) < 4.78 is 12.4. The van der Waals surface area contributed by atoms with E-state index < -0.39 is 0 Å². The van der Waals surface area contributed by atoms with Gasteiger partial charge >= 0.3 is 0 Å². The summed E-state index contributed by atoms with van der Waals surface area (Å²) in [4.78, 5) is 0. The summed E-state index contributed by atoms with van der Waals surface area (Å²) >= 11 is 0. The number of benzene rings is 1. The lowest BCUT2D eigenvalue weighted by atomic mass is 10.0. The molecule has 1 aromatic carbocycles. The standard InChI is InChI=1S/C30H54O2/c1-5-9-11-13-15-17-19-21-23-31-29-25-28(8-4)30(26-27(29)7-3)32-24-22-20-18-16-14-12-10-6-2/h25-26H,5-24H2,1-4H3. The molecule has 0 heterocycles. The molecular weight excluding hydrogens is 392 g/mol. The van der Waals surface area contributed by atoms with Gasteiger partial charge in [0.15, 0.2) is 0 Å². The SMILES string of the molecule is CCCCCCCCCCOc1cc(CC)c(OCCCCCCCCCC)cc1CC. The van der Waals surface area contributed by atoms with Gasteiger partial charge in [0.05, 0.1) is 13.2 Å². The topological polar surface area (TPSA) is 18.5 Å². The fraction of sp³-hybridized carbons (Fsp3) is 0.800. The molecule has 0 N–H and O–H groups in total. The van der Waals surface area contributed by atoms with Crippen LogP contribution in [0.1, 0.15) is 142 Å². The van der Waals surface area contributed by atoms with Crippen molar-refractivity contribution in [2.24, 2.45) is 0 Å². The van der Waals surface area contributed by atoms with Gasteiger partial charge in [-0.1, -0.05) is 118 Å². The lowest BCUT2D eigenvalue weighted by Gasteiger charge is -2.17. The first-order chi connectivity index (χ1) is 15.8. The van der Waals surface area contributed by atoms with Crippen LogP contribution >= 0.6 is 0 Å². The lowest BCUT2D eigenvalue weighted by molar-refractivity contribution is 0.291. The van der Waals surface area contributed by atoms with E-state index in [-0.39, 0.29) is 0 Å². The van der Waals surface area contributed by atoms with Crippen LogP contribution in [0, 0.1) is 0 Å². The van der Waals surface area contributed by atoms with E-state index in [4.69, 9.17) is 9.47 Å². The molecule has 2 nitrogen and oxygen atoms in total. The highest BCUT2D eigenvalue weighted by Gasteiger charge is 2.10. The first kappa shape index (κ1) is 28.9. The van der Waals surface area contributed by atoms with Crippen molar-refractivity contribution in [3.63, 3.8) is 0 Å². The fourth-order valence-electron chi connectivity index (χ4n) is 4.30. The highest BCUT2D eigenvalue weighted by Crippen LogP contribution is 2.30. The molecule has 0 aliphatic carbocycles. The van der Waals surface area contributed by atoms with Crippen LogP contribution in [-0.4, -0.2) is 13.2 Å². The molecule has 0 unspecified atom stereocenters. The predicted octanol–water partition coefficient (Wildman–Crippen LogP) is 9.85. The summed E-state index contributed by atoms with van der Waals surface area (Å²) in [6.45, 7) is 10.7. The van der Waals surface area contributed by atoms with Crippen molar-refractivity contribution in [1.82, 2.24) is 0 Å². The molecule has 1 rings (SSSR count). The van der Waals surface area contributed by atoms with Crippen LogP contribution in [0.25, 0.3) is 0 Å². The molecule has 186 valence electrons. The maximum atomic E-state index is 6.21. The summed E-state index contributed by atoms with van der Waals surface area (Å²) in [5.74, 6) is 2.15. The second-order valence-electron chi connectivity index (χ2n) is 9.42. The van der Waals surface area contributed by atoms with Crippen LogP contribution in [0.4, 0.5) is 0 Å². The Labute approximate surface area is 200 Å². The van der Waals surface area contributed by atoms with Crippen molar-refractivity contribution < 1.29 is 9.47 Å². The zero-order valence-electron chi connectivity index (χ0n) is 22.1. The van der Waals surface area contributed by atoms with E-state index in [1.807, 2.05) is 0 Å². The van der Waals surface area contributed by atoms with Crippen molar-refractivity contribution in [3.8, 4) is 11.5 Å². The zero-order valence-corrected chi connectivity index (χ0v) is 22.1. The van der Waals surface area contributed by atoms with Crippen molar-refractivity contribution >= 4 is 0 Å². The molecule has 0 aliphatic heterocycles. The van der Waals surface area contributed by atoms with E-state index in [1.54, 1.807) is 0 Å². The molecule has 0 spiro atoms. The van der Waals surface area contributed by atoms with Crippen molar-refractivity contribution in [2.75, 3.05) is 13.2 Å². The molecule has 0 atom stereocenters. The van der Waals surface area contributed by atoms with Crippen LogP contribution < -0.4 is 9.47 Å². The second-order valence-corrected chi connectivity index (χ2v) is 9.42. The van der Waals surface area contributed by atoms with Gasteiger partial charge in [-0.25, -0.2) is 0 Å². The minimum atomic E-state index is 0.837. The van der Waals surface area contributed by atoms with Crippen LogP contribution in [0.2, 0.25) is 0 Å². The Morgan fingerprint density at radius 2 is 0.750 bits per heavy atom. The molecule has 2 heteroatoms. The highest BCUT2D eigenvalue weighted by molar-refractivity contribution is 5.46. The Bertz CT molecular complexity index is 502. The van der Waals surface area contributed by atoms with Crippen LogP contribution in [0.15, 0.2) is 12.1 Å². The molecule has 0 bridgehead atoms. The molecular formula is C30H54O2. The quantitative estimate of drug-likeness (QED) is 0.165. The molecule has 0 saturated heterocycles. The smallest absolute Gasteiger partial charge is 0.123 e. The van der Waals surface area contributed by atoms with Gasteiger partial charge in [0.25, 0.3) is 0 Å². The predicted molar refractivity (Wildman–Crippen MR) is 141 cm³/mol. The van der Waals surface area contributed by atoms with Crippen molar-refractivity contribution in [3.05, 3.63) is 23.3 Å². The van der Waals surface area contributed by atoms with Crippen LogP contribution in [-0.2, 0) is 12.8 Å². The van der Waals surface area contributed by atoms with E-state index in [0.717, 1.165) is 50.4 Å². The first-order valence-electron chi connectivity index (χ1n) is 14.2. The third-order valence-corrected chi connectivity index (χ3v) is 6.52. The van der Waals surface area contributed by atoms with Gasteiger partial charge in [-0.05, 0) is 48.9 Å². The minimum absolute atomic E-state index is 0.837. The average Bonchev–Trinajstić information content (AvgIpc) is 2.82. The third kappa shape index (κ3) is 13.4. The summed E-state index contributed by atoms with van der Waals surface area (Å²) in [7, 11) is 0.